The van der Waals surface area contributed by atoms with Crippen molar-refractivity contribution in [2.45, 2.75) is 53.5 Å². The van der Waals surface area contributed by atoms with Crippen LogP contribution < -0.4 is 5.32 Å². The van der Waals surface area contributed by atoms with Crippen LogP contribution in [0.1, 0.15) is 42.5 Å². The SMILES string of the molecule is CCNC(C)CC(=O)Cc1c(C)cc(C)cc1C. The second-order valence-corrected chi connectivity index (χ2v) is 5.26. The molecule has 1 N–H and O–H groups in total. The van der Waals surface area contributed by atoms with Crippen molar-refractivity contribution in [2.75, 3.05) is 6.54 Å². The lowest BCUT2D eigenvalue weighted by Crippen LogP contribution is -2.28. The molecule has 0 aliphatic carbocycles. The molecule has 100 valence electrons. The summed E-state index contributed by atoms with van der Waals surface area (Å²) >= 11 is 0. The monoisotopic (exact) mass is 247 g/mol. The predicted octanol–water partition coefficient (Wildman–Crippen LogP) is 3.11. The molecule has 1 aromatic carbocycles. The van der Waals surface area contributed by atoms with Gasteiger partial charge in [-0.3, -0.25) is 4.79 Å². The lowest BCUT2D eigenvalue weighted by atomic mass is 9.94. The average molecular weight is 247 g/mol. The van der Waals surface area contributed by atoms with Gasteiger partial charge in [0.2, 0.25) is 0 Å². The van der Waals surface area contributed by atoms with E-state index in [1.165, 1.54) is 22.3 Å². The molecule has 2 nitrogen and oxygen atoms in total. The summed E-state index contributed by atoms with van der Waals surface area (Å²) in [6.07, 6.45) is 1.17. The molecule has 0 fully saturated rings. The molecule has 0 aliphatic heterocycles. The minimum Gasteiger partial charge on any atom is -0.314 e. The van der Waals surface area contributed by atoms with Gasteiger partial charge in [0, 0.05) is 18.9 Å². The zero-order chi connectivity index (χ0) is 13.7. The number of hydrogen-bond donors (Lipinski definition) is 1. The Morgan fingerprint density at radius 1 is 1.22 bits per heavy atom. The van der Waals surface area contributed by atoms with Gasteiger partial charge >= 0.3 is 0 Å². The highest BCUT2D eigenvalue weighted by Gasteiger charge is 2.12. The van der Waals surface area contributed by atoms with Crippen LogP contribution in [-0.2, 0) is 11.2 Å². The Morgan fingerprint density at radius 3 is 2.28 bits per heavy atom. The third-order valence-corrected chi connectivity index (χ3v) is 3.30. The second kappa shape index (κ2) is 6.69. The van der Waals surface area contributed by atoms with E-state index in [0.717, 1.165) is 6.54 Å². The Kier molecular flexibility index (Phi) is 5.54. The number of benzene rings is 1. The first-order chi connectivity index (χ1) is 8.43. The van der Waals surface area contributed by atoms with E-state index in [9.17, 15) is 4.79 Å². The summed E-state index contributed by atoms with van der Waals surface area (Å²) in [5, 5.41) is 3.28. The normalized spacial score (nSPS) is 12.5. The Hall–Kier alpha value is -1.15. The molecule has 1 unspecified atom stereocenters. The van der Waals surface area contributed by atoms with Crippen molar-refractivity contribution in [3.63, 3.8) is 0 Å². The molecule has 0 spiro atoms. The van der Waals surface area contributed by atoms with Gasteiger partial charge in [0.1, 0.15) is 5.78 Å². The maximum atomic E-state index is 12.0. The molecule has 0 amide bonds. The van der Waals surface area contributed by atoms with Crippen LogP contribution in [0.15, 0.2) is 12.1 Å². The van der Waals surface area contributed by atoms with E-state index in [2.05, 4.69) is 52.1 Å². The van der Waals surface area contributed by atoms with Gasteiger partial charge in [-0.25, -0.2) is 0 Å². The topological polar surface area (TPSA) is 29.1 Å². The minimum absolute atomic E-state index is 0.272. The van der Waals surface area contributed by atoms with Crippen LogP contribution in [0.25, 0.3) is 0 Å². The largest absolute Gasteiger partial charge is 0.314 e. The molecule has 1 atom stereocenters. The highest BCUT2D eigenvalue weighted by molar-refractivity contribution is 5.82. The minimum atomic E-state index is 0.272. The molecule has 0 radical (unpaired) electrons. The summed E-state index contributed by atoms with van der Waals surface area (Å²) in [5.41, 5.74) is 4.94. The van der Waals surface area contributed by atoms with Gasteiger partial charge in [-0.2, -0.15) is 0 Å². The van der Waals surface area contributed by atoms with Gasteiger partial charge in [0.05, 0.1) is 0 Å². The van der Waals surface area contributed by atoms with E-state index in [1.807, 2.05) is 0 Å². The van der Waals surface area contributed by atoms with Crippen molar-refractivity contribution in [3.8, 4) is 0 Å². The van der Waals surface area contributed by atoms with E-state index >= 15 is 0 Å². The second-order valence-electron chi connectivity index (χ2n) is 5.26. The molecule has 1 rings (SSSR count). The Labute approximate surface area is 111 Å². The lowest BCUT2D eigenvalue weighted by molar-refractivity contribution is -0.118. The van der Waals surface area contributed by atoms with Crippen molar-refractivity contribution in [1.82, 2.24) is 5.32 Å². The molecule has 0 aromatic heterocycles. The summed E-state index contributed by atoms with van der Waals surface area (Å²) in [6.45, 7) is 11.3. The van der Waals surface area contributed by atoms with E-state index in [4.69, 9.17) is 0 Å². The van der Waals surface area contributed by atoms with Crippen LogP contribution in [-0.4, -0.2) is 18.4 Å². The highest BCUT2D eigenvalue weighted by Crippen LogP contribution is 2.17. The van der Waals surface area contributed by atoms with Crippen molar-refractivity contribution < 1.29 is 4.79 Å². The van der Waals surface area contributed by atoms with E-state index in [-0.39, 0.29) is 6.04 Å². The van der Waals surface area contributed by atoms with Crippen LogP contribution in [0.5, 0.6) is 0 Å². The Balaban J connectivity index is 2.70. The fourth-order valence-electron chi connectivity index (χ4n) is 2.52. The van der Waals surface area contributed by atoms with Gasteiger partial charge in [-0.15, -0.1) is 0 Å². The van der Waals surface area contributed by atoms with E-state index < -0.39 is 0 Å². The molecule has 2 heteroatoms. The highest BCUT2D eigenvalue weighted by atomic mass is 16.1. The van der Waals surface area contributed by atoms with E-state index in [0.29, 0.717) is 18.6 Å². The van der Waals surface area contributed by atoms with Crippen LogP contribution >= 0.6 is 0 Å². The molecule has 0 saturated heterocycles. The van der Waals surface area contributed by atoms with E-state index in [1.54, 1.807) is 0 Å². The lowest BCUT2D eigenvalue weighted by Gasteiger charge is -2.14. The molecule has 0 heterocycles. The number of carbonyl (C=O) groups is 1. The fourth-order valence-corrected chi connectivity index (χ4v) is 2.52. The number of hydrogen-bond acceptors (Lipinski definition) is 2. The summed E-state index contributed by atoms with van der Waals surface area (Å²) in [4.78, 5) is 12.0. The number of nitrogens with one attached hydrogen (secondary N) is 1. The molecule has 0 bridgehead atoms. The molecular weight excluding hydrogens is 222 g/mol. The van der Waals surface area contributed by atoms with Gasteiger partial charge < -0.3 is 5.32 Å². The standard InChI is InChI=1S/C16H25NO/c1-6-17-14(5)9-15(18)10-16-12(3)7-11(2)8-13(16)4/h7-8,14,17H,6,9-10H2,1-5H3. The van der Waals surface area contributed by atoms with Crippen molar-refractivity contribution in [1.29, 1.82) is 0 Å². The number of ketones is 1. The van der Waals surface area contributed by atoms with Crippen molar-refractivity contribution in [2.24, 2.45) is 0 Å². The van der Waals surface area contributed by atoms with Gasteiger partial charge in [0.25, 0.3) is 0 Å². The average Bonchev–Trinajstić information content (AvgIpc) is 2.23. The van der Waals surface area contributed by atoms with Crippen LogP contribution in [0.3, 0.4) is 0 Å². The molecule has 0 saturated carbocycles. The third-order valence-electron chi connectivity index (χ3n) is 3.30. The van der Waals surface area contributed by atoms with Crippen LogP contribution in [0.2, 0.25) is 0 Å². The quantitative estimate of drug-likeness (QED) is 0.837. The first-order valence-corrected chi connectivity index (χ1v) is 6.75. The summed E-state index contributed by atoms with van der Waals surface area (Å²) in [7, 11) is 0. The first kappa shape index (κ1) is 14.9. The first-order valence-electron chi connectivity index (χ1n) is 6.75. The molecule has 18 heavy (non-hydrogen) atoms. The van der Waals surface area contributed by atoms with Crippen LogP contribution in [0, 0.1) is 20.8 Å². The Morgan fingerprint density at radius 2 is 1.78 bits per heavy atom. The zero-order valence-electron chi connectivity index (χ0n) is 12.3. The van der Waals surface area contributed by atoms with Crippen molar-refractivity contribution in [3.05, 3.63) is 34.4 Å². The number of Topliss-reactive ketones (excluding diaryl/α,β-unsaturated/α-hetero) is 1. The molecule has 0 aliphatic rings. The number of aryl methyl sites for hydroxylation is 3. The van der Waals surface area contributed by atoms with Crippen molar-refractivity contribution >= 4 is 5.78 Å². The summed E-state index contributed by atoms with van der Waals surface area (Å²) in [5.74, 6) is 0.318. The maximum Gasteiger partial charge on any atom is 0.138 e. The third kappa shape index (κ3) is 4.26. The number of carbonyl (C=O) groups excluding carboxylic acids is 1. The summed E-state index contributed by atoms with van der Waals surface area (Å²) < 4.78 is 0. The number of rotatable bonds is 6. The van der Waals surface area contributed by atoms with Gasteiger partial charge in [-0.05, 0) is 50.9 Å². The summed E-state index contributed by atoms with van der Waals surface area (Å²) in [6, 6.07) is 4.58. The smallest absolute Gasteiger partial charge is 0.138 e. The zero-order valence-corrected chi connectivity index (χ0v) is 12.3. The van der Waals surface area contributed by atoms with Gasteiger partial charge in [0.15, 0.2) is 0 Å². The fraction of sp³-hybridized carbons (Fsp3) is 0.562. The van der Waals surface area contributed by atoms with Gasteiger partial charge in [-0.1, -0.05) is 24.6 Å². The maximum absolute atomic E-state index is 12.0. The van der Waals surface area contributed by atoms with Crippen LogP contribution in [0.4, 0.5) is 0 Å². The molecular formula is C16H25NO. The predicted molar refractivity (Wildman–Crippen MR) is 77.1 cm³/mol. The Bertz CT molecular complexity index is 400. The molecule has 1 aromatic rings.